The van der Waals surface area contributed by atoms with E-state index in [0.29, 0.717) is 12.1 Å². The summed E-state index contributed by atoms with van der Waals surface area (Å²) in [5.41, 5.74) is 2.00. The topological polar surface area (TPSA) is 47.0 Å². The van der Waals surface area contributed by atoms with E-state index in [9.17, 15) is 0 Å². The van der Waals surface area contributed by atoms with Crippen LogP contribution in [0.3, 0.4) is 0 Å². The largest absolute Gasteiger partial charge is 0.376 e. The lowest BCUT2D eigenvalue weighted by Gasteiger charge is -2.11. The van der Waals surface area contributed by atoms with Crippen LogP contribution in [0, 0.1) is 13.8 Å². The van der Waals surface area contributed by atoms with E-state index in [4.69, 9.17) is 4.74 Å². The standard InChI is InChI=1S/C11H17N3O/c1-8-6-9(2)14-11(13-8)12-7-10-4-3-5-15-10/h6,10H,3-5,7H2,1-2H3,(H,12,13,14). The lowest BCUT2D eigenvalue weighted by Crippen LogP contribution is -2.19. The monoisotopic (exact) mass is 207 g/mol. The Hall–Kier alpha value is -1.16. The van der Waals surface area contributed by atoms with E-state index in [2.05, 4.69) is 15.3 Å². The fourth-order valence-corrected chi connectivity index (χ4v) is 1.82. The molecule has 2 rings (SSSR count). The molecule has 1 aromatic rings. The molecule has 82 valence electrons. The molecule has 1 atom stereocenters. The van der Waals surface area contributed by atoms with Gasteiger partial charge in [-0.3, -0.25) is 0 Å². The second-order valence-corrected chi connectivity index (χ2v) is 3.99. The fourth-order valence-electron chi connectivity index (χ4n) is 1.82. The third-order valence-electron chi connectivity index (χ3n) is 2.49. The van der Waals surface area contributed by atoms with Crippen LogP contribution in [-0.2, 0) is 4.74 Å². The van der Waals surface area contributed by atoms with E-state index in [1.807, 2.05) is 19.9 Å². The van der Waals surface area contributed by atoms with Gasteiger partial charge in [0.25, 0.3) is 0 Å². The van der Waals surface area contributed by atoms with Gasteiger partial charge < -0.3 is 10.1 Å². The number of hydrogen-bond acceptors (Lipinski definition) is 4. The molecule has 0 spiro atoms. The lowest BCUT2D eigenvalue weighted by molar-refractivity contribution is 0.120. The second kappa shape index (κ2) is 4.57. The Bertz CT molecular complexity index is 314. The Morgan fingerprint density at radius 3 is 2.73 bits per heavy atom. The molecular formula is C11H17N3O. The zero-order valence-electron chi connectivity index (χ0n) is 9.29. The SMILES string of the molecule is Cc1cc(C)nc(NCC2CCCO2)n1. The van der Waals surface area contributed by atoms with Gasteiger partial charge in [0.15, 0.2) is 0 Å². The molecule has 0 saturated carbocycles. The van der Waals surface area contributed by atoms with Crippen LogP contribution in [0.4, 0.5) is 5.95 Å². The molecule has 0 aromatic carbocycles. The summed E-state index contributed by atoms with van der Waals surface area (Å²) in [5, 5.41) is 3.22. The Morgan fingerprint density at radius 2 is 2.13 bits per heavy atom. The van der Waals surface area contributed by atoms with E-state index < -0.39 is 0 Å². The summed E-state index contributed by atoms with van der Waals surface area (Å²) in [6.45, 7) is 5.65. The van der Waals surface area contributed by atoms with Crippen molar-refractivity contribution in [2.24, 2.45) is 0 Å². The predicted molar refractivity (Wildman–Crippen MR) is 59.0 cm³/mol. The predicted octanol–water partition coefficient (Wildman–Crippen LogP) is 1.68. The van der Waals surface area contributed by atoms with Crippen molar-refractivity contribution in [3.8, 4) is 0 Å². The highest BCUT2D eigenvalue weighted by Gasteiger charge is 2.15. The van der Waals surface area contributed by atoms with Gasteiger partial charge in [-0.15, -0.1) is 0 Å². The molecule has 1 N–H and O–H groups in total. The van der Waals surface area contributed by atoms with Gasteiger partial charge in [0.1, 0.15) is 0 Å². The highest BCUT2D eigenvalue weighted by atomic mass is 16.5. The minimum Gasteiger partial charge on any atom is -0.376 e. The molecule has 1 aliphatic rings. The number of nitrogens with zero attached hydrogens (tertiary/aromatic N) is 2. The first kappa shape index (κ1) is 10.4. The van der Waals surface area contributed by atoms with Crippen molar-refractivity contribution in [2.45, 2.75) is 32.8 Å². The van der Waals surface area contributed by atoms with Crippen molar-refractivity contribution in [3.63, 3.8) is 0 Å². The highest BCUT2D eigenvalue weighted by Crippen LogP contribution is 2.12. The molecule has 2 heterocycles. The molecule has 1 aromatic heterocycles. The molecule has 1 aliphatic heterocycles. The van der Waals surface area contributed by atoms with Gasteiger partial charge in [0.05, 0.1) is 6.10 Å². The summed E-state index contributed by atoms with van der Waals surface area (Å²) in [5.74, 6) is 0.711. The van der Waals surface area contributed by atoms with Crippen LogP contribution in [0.5, 0.6) is 0 Å². The van der Waals surface area contributed by atoms with Gasteiger partial charge in [-0.05, 0) is 32.8 Å². The van der Waals surface area contributed by atoms with Gasteiger partial charge >= 0.3 is 0 Å². The van der Waals surface area contributed by atoms with Crippen LogP contribution in [0.2, 0.25) is 0 Å². The third kappa shape index (κ3) is 2.89. The molecule has 0 amide bonds. The second-order valence-electron chi connectivity index (χ2n) is 3.99. The molecule has 15 heavy (non-hydrogen) atoms. The average Bonchev–Trinajstić information content (AvgIpc) is 2.65. The molecule has 1 saturated heterocycles. The Kier molecular flexibility index (Phi) is 3.16. The number of anilines is 1. The Morgan fingerprint density at radius 1 is 1.40 bits per heavy atom. The van der Waals surface area contributed by atoms with Crippen LogP contribution in [0.25, 0.3) is 0 Å². The van der Waals surface area contributed by atoms with E-state index in [1.165, 1.54) is 6.42 Å². The van der Waals surface area contributed by atoms with Crippen molar-refractivity contribution < 1.29 is 4.74 Å². The van der Waals surface area contributed by atoms with Gasteiger partial charge in [-0.2, -0.15) is 0 Å². The van der Waals surface area contributed by atoms with Gasteiger partial charge in [0, 0.05) is 24.5 Å². The minimum atomic E-state index is 0.328. The molecule has 4 nitrogen and oxygen atoms in total. The highest BCUT2D eigenvalue weighted by molar-refractivity contribution is 5.27. The minimum absolute atomic E-state index is 0.328. The maximum Gasteiger partial charge on any atom is 0.223 e. The summed E-state index contributed by atoms with van der Waals surface area (Å²) in [7, 11) is 0. The first-order valence-electron chi connectivity index (χ1n) is 5.42. The maximum absolute atomic E-state index is 5.52. The van der Waals surface area contributed by atoms with Gasteiger partial charge in [-0.1, -0.05) is 0 Å². The van der Waals surface area contributed by atoms with Crippen LogP contribution in [0.1, 0.15) is 24.2 Å². The number of aryl methyl sites for hydroxylation is 2. The molecule has 0 radical (unpaired) electrons. The first-order chi connectivity index (χ1) is 7.24. The maximum atomic E-state index is 5.52. The molecule has 4 heteroatoms. The van der Waals surface area contributed by atoms with E-state index in [-0.39, 0.29) is 0 Å². The van der Waals surface area contributed by atoms with Crippen molar-refractivity contribution in [2.75, 3.05) is 18.5 Å². The van der Waals surface area contributed by atoms with Crippen LogP contribution < -0.4 is 5.32 Å². The van der Waals surface area contributed by atoms with E-state index in [1.54, 1.807) is 0 Å². The summed E-state index contributed by atoms with van der Waals surface area (Å²) in [6, 6.07) is 1.97. The number of rotatable bonds is 3. The third-order valence-corrected chi connectivity index (χ3v) is 2.49. The van der Waals surface area contributed by atoms with E-state index >= 15 is 0 Å². The summed E-state index contributed by atoms with van der Waals surface area (Å²) >= 11 is 0. The zero-order valence-corrected chi connectivity index (χ0v) is 9.29. The molecule has 1 fully saturated rings. The van der Waals surface area contributed by atoms with E-state index in [0.717, 1.165) is 31.0 Å². The van der Waals surface area contributed by atoms with Crippen LogP contribution >= 0.6 is 0 Å². The number of nitrogens with one attached hydrogen (secondary N) is 1. The number of hydrogen-bond donors (Lipinski definition) is 1. The van der Waals surface area contributed by atoms with Crippen molar-refractivity contribution in [1.29, 1.82) is 0 Å². The first-order valence-corrected chi connectivity index (χ1v) is 5.42. The summed E-state index contributed by atoms with van der Waals surface area (Å²) in [4.78, 5) is 8.63. The molecule has 0 aliphatic carbocycles. The van der Waals surface area contributed by atoms with Crippen molar-refractivity contribution in [1.82, 2.24) is 9.97 Å². The number of ether oxygens (including phenoxy) is 1. The number of aromatic nitrogens is 2. The average molecular weight is 207 g/mol. The quantitative estimate of drug-likeness (QED) is 0.819. The normalized spacial score (nSPS) is 20.5. The summed E-state index contributed by atoms with van der Waals surface area (Å²) < 4.78 is 5.52. The Labute approximate surface area is 90.1 Å². The van der Waals surface area contributed by atoms with Crippen LogP contribution in [-0.4, -0.2) is 29.2 Å². The van der Waals surface area contributed by atoms with Crippen molar-refractivity contribution >= 4 is 5.95 Å². The molecule has 1 unspecified atom stereocenters. The van der Waals surface area contributed by atoms with Gasteiger partial charge in [-0.25, -0.2) is 9.97 Å². The molecule has 0 bridgehead atoms. The van der Waals surface area contributed by atoms with Crippen molar-refractivity contribution in [3.05, 3.63) is 17.5 Å². The smallest absolute Gasteiger partial charge is 0.223 e. The van der Waals surface area contributed by atoms with Gasteiger partial charge in [0.2, 0.25) is 5.95 Å². The van der Waals surface area contributed by atoms with Crippen LogP contribution in [0.15, 0.2) is 6.07 Å². The zero-order chi connectivity index (χ0) is 10.7. The lowest BCUT2D eigenvalue weighted by atomic mass is 10.2. The molecular weight excluding hydrogens is 190 g/mol. The Balaban J connectivity index is 1.92. The fraction of sp³-hybridized carbons (Fsp3) is 0.636. The summed E-state index contributed by atoms with van der Waals surface area (Å²) in [6.07, 6.45) is 2.63.